The Kier molecular flexibility index (Phi) is 5.53. The lowest BCUT2D eigenvalue weighted by Gasteiger charge is -2.29. The van der Waals surface area contributed by atoms with Gasteiger partial charge in [0, 0.05) is 25.0 Å². The standard InChI is InChI=1S/C21H19N3O3/c22-12-18(14-23-13-15-7-9-17(10-8-15)21(26)27)20(25)24-11-3-5-16-4-1-2-6-19(16)24/h1-2,4,6-10,14,23H,3,5,11,13H2,(H,26,27)/b18-14-. The average Bonchev–Trinajstić information content (AvgIpc) is 2.70. The number of carbonyl (C=O) groups is 2. The number of nitrogens with zero attached hydrogens (tertiary/aromatic N) is 2. The molecular weight excluding hydrogens is 342 g/mol. The van der Waals surface area contributed by atoms with Crippen LogP contribution in [0, 0.1) is 11.3 Å². The molecule has 0 radical (unpaired) electrons. The van der Waals surface area contributed by atoms with E-state index in [0.29, 0.717) is 13.1 Å². The number of aromatic carboxylic acids is 1. The van der Waals surface area contributed by atoms with Crippen LogP contribution < -0.4 is 10.2 Å². The van der Waals surface area contributed by atoms with Gasteiger partial charge in [0.15, 0.2) is 0 Å². The Morgan fingerprint density at radius 1 is 1.19 bits per heavy atom. The molecule has 0 bridgehead atoms. The number of carboxylic acid groups (broad SMARTS) is 1. The summed E-state index contributed by atoms with van der Waals surface area (Å²) < 4.78 is 0. The summed E-state index contributed by atoms with van der Waals surface area (Å²) in [5, 5.41) is 21.3. The van der Waals surface area contributed by atoms with E-state index in [4.69, 9.17) is 5.11 Å². The van der Waals surface area contributed by atoms with E-state index in [9.17, 15) is 14.9 Å². The van der Waals surface area contributed by atoms with Gasteiger partial charge in [0.2, 0.25) is 0 Å². The zero-order valence-electron chi connectivity index (χ0n) is 14.7. The number of benzene rings is 2. The average molecular weight is 361 g/mol. The summed E-state index contributed by atoms with van der Waals surface area (Å²) in [5.41, 5.74) is 3.07. The number of rotatable bonds is 5. The Hall–Kier alpha value is -3.59. The molecule has 0 saturated heterocycles. The van der Waals surface area contributed by atoms with Crippen LogP contribution in [-0.4, -0.2) is 23.5 Å². The molecule has 1 aliphatic rings. The Morgan fingerprint density at radius 3 is 2.63 bits per heavy atom. The minimum atomic E-state index is -0.978. The quantitative estimate of drug-likeness (QED) is 0.631. The van der Waals surface area contributed by atoms with E-state index in [-0.39, 0.29) is 17.0 Å². The predicted octanol–water partition coefficient (Wildman–Crippen LogP) is 2.86. The molecule has 2 aromatic rings. The highest BCUT2D eigenvalue weighted by atomic mass is 16.4. The van der Waals surface area contributed by atoms with Gasteiger partial charge in [-0.1, -0.05) is 30.3 Å². The smallest absolute Gasteiger partial charge is 0.335 e. The van der Waals surface area contributed by atoms with E-state index in [1.807, 2.05) is 30.3 Å². The molecule has 0 atom stereocenters. The lowest BCUT2D eigenvalue weighted by molar-refractivity contribution is -0.114. The molecule has 0 unspecified atom stereocenters. The van der Waals surface area contributed by atoms with Crippen molar-refractivity contribution in [3.8, 4) is 6.07 Å². The minimum absolute atomic E-state index is 0.0360. The van der Waals surface area contributed by atoms with Crippen LogP contribution in [0.1, 0.15) is 27.9 Å². The van der Waals surface area contributed by atoms with Crippen LogP contribution in [0.4, 0.5) is 5.69 Å². The van der Waals surface area contributed by atoms with Crippen molar-refractivity contribution in [1.82, 2.24) is 5.32 Å². The third-order valence-electron chi connectivity index (χ3n) is 4.46. The molecule has 2 aromatic carbocycles. The maximum absolute atomic E-state index is 12.8. The normalized spacial score (nSPS) is 13.4. The number of nitrogens with one attached hydrogen (secondary N) is 1. The molecule has 1 amide bonds. The van der Waals surface area contributed by atoms with Crippen LogP contribution in [0.3, 0.4) is 0 Å². The van der Waals surface area contributed by atoms with Gasteiger partial charge in [-0.25, -0.2) is 4.79 Å². The summed E-state index contributed by atoms with van der Waals surface area (Å²) in [6.45, 7) is 0.973. The predicted molar refractivity (Wildman–Crippen MR) is 101 cm³/mol. The summed E-state index contributed by atoms with van der Waals surface area (Å²) in [6.07, 6.45) is 3.21. The first kappa shape index (κ1) is 18.2. The van der Waals surface area contributed by atoms with Crippen molar-refractivity contribution in [3.63, 3.8) is 0 Å². The van der Waals surface area contributed by atoms with E-state index in [0.717, 1.165) is 29.7 Å². The molecule has 6 heteroatoms. The summed E-state index contributed by atoms with van der Waals surface area (Å²) in [7, 11) is 0. The molecular formula is C21H19N3O3. The number of hydrogen-bond donors (Lipinski definition) is 2. The number of hydrogen-bond acceptors (Lipinski definition) is 4. The number of anilines is 1. The topological polar surface area (TPSA) is 93.4 Å². The monoisotopic (exact) mass is 361 g/mol. The van der Waals surface area contributed by atoms with Gasteiger partial charge in [-0.15, -0.1) is 0 Å². The Labute approximate surface area is 157 Å². The first-order valence-electron chi connectivity index (χ1n) is 8.66. The van der Waals surface area contributed by atoms with Gasteiger partial charge in [-0.2, -0.15) is 5.26 Å². The molecule has 0 aliphatic carbocycles. The fraction of sp³-hybridized carbons (Fsp3) is 0.190. The van der Waals surface area contributed by atoms with Crippen LogP contribution in [0.25, 0.3) is 0 Å². The van der Waals surface area contributed by atoms with Crippen molar-refractivity contribution >= 4 is 17.6 Å². The van der Waals surface area contributed by atoms with E-state index < -0.39 is 5.97 Å². The van der Waals surface area contributed by atoms with Crippen LogP contribution in [-0.2, 0) is 17.8 Å². The van der Waals surface area contributed by atoms with Crippen molar-refractivity contribution in [3.05, 3.63) is 77.0 Å². The molecule has 0 fully saturated rings. The zero-order chi connectivity index (χ0) is 19.2. The highest BCUT2D eigenvalue weighted by Crippen LogP contribution is 2.27. The SMILES string of the molecule is N#C/C(=C/NCc1ccc(C(=O)O)cc1)C(=O)N1CCCc2ccccc21. The molecule has 6 nitrogen and oxygen atoms in total. The Bertz CT molecular complexity index is 926. The van der Waals surface area contributed by atoms with E-state index in [1.165, 1.54) is 18.3 Å². The van der Waals surface area contributed by atoms with Gasteiger partial charge in [0.05, 0.1) is 5.56 Å². The van der Waals surface area contributed by atoms with Gasteiger partial charge in [0.1, 0.15) is 11.6 Å². The molecule has 0 saturated carbocycles. The third-order valence-corrected chi connectivity index (χ3v) is 4.46. The van der Waals surface area contributed by atoms with Crippen molar-refractivity contribution < 1.29 is 14.7 Å². The van der Waals surface area contributed by atoms with Gasteiger partial charge in [0.25, 0.3) is 5.91 Å². The lowest BCUT2D eigenvalue weighted by Crippen LogP contribution is -2.36. The van der Waals surface area contributed by atoms with E-state index in [1.54, 1.807) is 17.0 Å². The zero-order valence-corrected chi connectivity index (χ0v) is 14.7. The first-order valence-corrected chi connectivity index (χ1v) is 8.66. The van der Waals surface area contributed by atoms with Crippen LogP contribution in [0.15, 0.2) is 60.3 Å². The van der Waals surface area contributed by atoms with Gasteiger partial charge in [-0.05, 0) is 42.2 Å². The Balaban J connectivity index is 1.69. The molecule has 27 heavy (non-hydrogen) atoms. The van der Waals surface area contributed by atoms with Crippen LogP contribution in [0.5, 0.6) is 0 Å². The first-order chi connectivity index (χ1) is 13.1. The van der Waals surface area contributed by atoms with Gasteiger partial charge >= 0.3 is 5.97 Å². The molecule has 2 N–H and O–H groups in total. The summed E-state index contributed by atoms with van der Waals surface area (Å²) in [5.74, 6) is -1.30. The Morgan fingerprint density at radius 2 is 1.93 bits per heavy atom. The fourth-order valence-electron chi connectivity index (χ4n) is 3.07. The second kappa shape index (κ2) is 8.19. The molecule has 1 heterocycles. The lowest BCUT2D eigenvalue weighted by atomic mass is 10.0. The molecule has 0 aromatic heterocycles. The van der Waals surface area contributed by atoms with Crippen molar-refractivity contribution in [1.29, 1.82) is 5.26 Å². The number of aryl methyl sites for hydroxylation is 1. The van der Waals surface area contributed by atoms with Crippen molar-refractivity contribution in [2.75, 3.05) is 11.4 Å². The summed E-state index contributed by atoms with van der Waals surface area (Å²) >= 11 is 0. The maximum Gasteiger partial charge on any atom is 0.335 e. The molecule has 1 aliphatic heterocycles. The number of carboxylic acids is 1. The number of carbonyl (C=O) groups excluding carboxylic acids is 1. The number of amides is 1. The van der Waals surface area contributed by atoms with E-state index >= 15 is 0 Å². The van der Waals surface area contributed by atoms with Crippen LogP contribution >= 0.6 is 0 Å². The fourth-order valence-corrected chi connectivity index (χ4v) is 3.07. The van der Waals surface area contributed by atoms with Crippen LogP contribution in [0.2, 0.25) is 0 Å². The maximum atomic E-state index is 12.8. The number of fused-ring (bicyclic) bond motifs is 1. The highest BCUT2D eigenvalue weighted by Gasteiger charge is 2.24. The van der Waals surface area contributed by atoms with E-state index in [2.05, 4.69) is 5.32 Å². The number of nitriles is 1. The molecule has 3 rings (SSSR count). The van der Waals surface area contributed by atoms with Gasteiger partial charge < -0.3 is 15.3 Å². The highest BCUT2D eigenvalue weighted by molar-refractivity contribution is 6.08. The molecule has 136 valence electrons. The second-order valence-corrected chi connectivity index (χ2v) is 6.24. The molecule has 0 spiro atoms. The third kappa shape index (κ3) is 4.15. The van der Waals surface area contributed by atoms with Crippen molar-refractivity contribution in [2.24, 2.45) is 0 Å². The second-order valence-electron chi connectivity index (χ2n) is 6.24. The summed E-state index contributed by atoms with van der Waals surface area (Å²) in [6, 6.07) is 16.1. The summed E-state index contributed by atoms with van der Waals surface area (Å²) in [4.78, 5) is 25.3. The number of para-hydroxylation sites is 1. The largest absolute Gasteiger partial charge is 0.478 e. The van der Waals surface area contributed by atoms with Gasteiger partial charge in [-0.3, -0.25) is 4.79 Å². The van der Waals surface area contributed by atoms with Crippen molar-refractivity contribution in [2.45, 2.75) is 19.4 Å². The minimum Gasteiger partial charge on any atom is -0.478 e.